The van der Waals surface area contributed by atoms with Gasteiger partial charge >= 0.3 is 0 Å². The molecular formula is C17H24N2O2. The first-order chi connectivity index (χ1) is 9.95. The molecule has 1 atom stereocenters. The molecule has 114 valence electrons. The fourth-order valence-corrected chi connectivity index (χ4v) is 2.08. The summed E-state index contributed by atoms with van der Waals surface area (Å²) in [6.45, 7) is 10.7. The van der Waals surface area contributed by atoms with Gasteiger partial charge in [-0.2, -0.15) is 0 Å². The third-order valence-electron chi connectivity index (χ3n) is 3.38. The maximum absolute atomic E-state index is 5.65. The van der Waals surface area contributed by atoms with Crippen LogP contribution in [0.3, 0.4) is 0 Å². The smallest absolute Gasteiger partial charge is 0.208 e. The summed E-state index contributed by atoms with van der Waals surface area (Å²) >= 11 is 0. The molecule has 4 heteroatoms. The molecule has 1 aromatic carbocycles. The molecule has 0 saturated carbocycles. The van der Waals surface area contributed by atoms with Crippen LogP contribution in [0, 0.1) is 13.8 Å². The summed E-state index contributed by atoms with van der Waals surface area (Å²) < 4.78 is 11.2. The zero-order valence-corrected chi connectivity index (χ0v) is 13.4. The molecule has 1 unspecified atom stereocenters. The third kappa shape index (κ3) is 4.33. The van der Waals surface area contributed by atoms with E-state index in [1.54, 1.807) is 0 Å². The van der Waals surface area contributed by atoms with Gasteiger partial charge in [0.15, 0.2) is 0 Å². The number of hydrogen-bond donors (Lipinski definition) is 1. The lowest BCUT2D eigenvalue weighted by molar-refractivity contribution is 0.242. The first-order valence-electron chi connectivity index (χ1n) is 7.38. The van der Waals surface area contributed by atoms with Gasteiger partial charge < -0.3 is 14.5 Å². The van der Waals surface area contributed by atoms with Crippen LogP contribution in [0.4, 0.5) is 0 Å². The highest BCUT2D eigenvalue weighted by Gasteiger charge is 2.09. The average molecular weight is 288 g/mol. The molecule has 0 amide bonds. The number of aryl methyl sites for hydroxylation is 2. The largest absolute Gasteiger partial charge is 0.491 e. The van der Waals surface area contributed by atoms with Crippen molar-refractivity contribution in [2.45, 2.75) is 53.3 Å². The Hall–Kier alpha value is -1.81. The van der Waals surface area contributed by atoms with Crippen LogP contribution < -0.4 is 10.1 Å². The first-order valence-corrected chi connectivity index (χ1v) is 7.38. The van der Waals surface area contributed by atoms with Crippen molar-refractivity contribution in [3.05, 3.63) is 47.2 Å². The summed E-state index contributed by atoms with van der Waals surface area (Å²) in [5.41, 5.74) is 2.17. The molecule has 1 aromatic heterocycles. The maximum atomic E-state index is 5.65. The van der Waals surface area contributed by atoms with Gasteiger partial charge in [0, 0.05) is 6.04 Å². The van der Waals surface area contributed by atoms with Crippen LogP contribution in [-0.4, -0.2) is 11.1 Å². The Labute approximate surface area is 126 Å². The average Bonchev–Trinajstić information content (AvgIpc) is 2.75. The zero-order valence-electron chi connectivity index (χ0n) is 13.4. The predicted octanol–water partition coefficient (Wildman–Crippen LogP) is 3.93. The van der Waals surface area contributed by atoms with Crippen LogP contribution in [0.2, 0.25) is 0 Å². The molecule has 0 aliphatic carbocycles. The van der Waals surface area contributed by atoms with E-state index in [-0.39, 0.29) is 12.1 Å². The third-order valence-corrected chi connectivity index (χ3v) is 3.38. The molecule has 1 heterocycles. The van der Waals surface area contributed by atoms with Gasteiger partial charge in [0.25, 0.3) is 0 Å². The minimum absolute atomic E-state index is 0.197. The van der Waals surface area contributed by atoms with Crippen molar-refractivity contribution < 1.29 is 9.15 Å². The minimum Gasteiger partial charge on any atom is -0.491 e. The highest BCUT2D eigenvalue weighted by Crippen LogP contribution is 2.19. The molecular weight excluding hydrogens is 264 g/mol. The van der Waals surface area contributed by atoms with Crippen molar-refractivity contribution in [2.75, 3.05) is 0 Å². The van der Waals surface area contributed by atoms with E-state index in [2.05, 4.69) is 29.4 Å². The van der Waals surface area contributed by atoms with Gasteiger partial charge in [0.2, 0.25) is 5.89 Å². The van der Waals surface area contributed by atoms with Gasteiger partial charge in [-0.1, -0.05) is 12.1 Å². The Balaban J connectivity index is 1.92. The number of benzene rings is 1. The van der Waals surface area contributed by atoms with E-state index in [1.165, 1.54) is 5.56 Å². The summed E-state index contributed by atoms with van der Waals surface area (Å²) in [6.07, 6.45) is 0.197. The number of rotatable bonds is 6. The van der Waals surface area contributed by atoms with Crippen molar-refractivity contribution in [3.8, 4) is 5.75 Å². The SMILES string of the molecule is Cc1nc(CNC(C)c2ccc(OC(C)C)cc2)oc1C. The van der Waals surface area contributed by atoms with Crippen molar-refractivity contribution in [2.24, 2.45) is 0 Å². The number of nitrogens with zero attached hydrogens (tertiary/aromatic N) is 1. The molecule has 1 N–H and O–H groups in total. The van der Waals surface area contributed by atoms with E-state index in [0.717, 1.165) is 23.1 Å². The van der Waals surface area contributed by atoms with Crippen LogP contribution in [0.1, 0.15) is 49.7 Å². The number of nitrogens with one attached hydrogen (secondary N) is 1. The molecule has 0 saturated heterocycles. The second-order valence-electron chi connectivity index (χ2n) is 5.59. The molecule has 4 nitrogen and oxygen atoms in total. The molecule has 2 rings (SSSR count). The molecule has 0 radical (unpaired) electrons. The van der Waals surface area contributed by atoms with E-state index in [9.17, 15) is 0 Å². The number of hydrogen-bond acceptors (Lipinski definition) is 4. The lowest BCUT2D eigenvalue weighted by Gasteiger charge is -2.14. The number of oxazole rings is 1. The fraction of sp³-hybridized carbons (Fsp3) is 0.471. The van der Waals surface area contributed by atoms with E-state index in [4.69, 9.17) is 9.15 Å². The summed E-state index contributed by atoms with van der Waals surface area (Å²) in [6, 6.07) is 8.41. The van der Waals surface area contributed by atoms with Gasteiger partial charge in [0.1, 0.15) is 11.5 Å². The Morgan fingerprint density at radius 3 is 2.33 bits per heavy atom. The summed E-state index contributed by atoms with van der Waals surface area (Å²) in [7, 11) is 0. The Bertz CT molecular complexity index is 553. The van der Waals surface area contributed by atoms with Gasteiger partial charge in [-0.3, -0.25) is 0 Å². The van der Waals surface area contributed by atoms with Crippen LogP contribution in [0.5, 0.6) is 5.75 Å². The topological polar surface area (TPSA) is 47.3 Å². The fourth-order valence-electron chi connectivity index (χ4n) is 2.08. The summed E-state index contributed by atoms with van der Waals surface area (Å²) in [4.78, 5) is 4.37. The van der Waals surface area contributed by atoms with Crippen LogP contribution >= 0.6 is 0 Å². The molecule has 0 aliphatic heterocycles. The zero-order chi connectivity index (χ0) is 15.4. The summed E-state index contributed by atoms with van der Waals surface area (Å²) in [5.74, 6) is 2.52. The van der Waals surface area contributed by atoms with Crippen molar-refractivity contribution in [3.63, 3.8) is 0 Å². The molecule has 2 aromatic rings. The van der Waals surface area contributed by atoms with Crippen LogP contribution in [0.15, 0.2) is 28.7 Å². The minimum atomic E-state index is 0.197. The van der Waals surface area contributed by atoms with Crippen LogP contribution in [0.25, 0.3) is 0 Å². The number of aromatic nitrogens is 1. The standard InChI is InChI=1S/C17H24N2O2/c1-11(2)20-16-8-6-15(7-9-16)13(4)18-10-17-19-12(3)14(5)21-17/h6-9,11,13,18H,10H2,1-5H3. The molecule has 21 heavy (non-hydrogen) atoms. The van der Waals surface area contributed by atoms with Gasteiger partial charge in [-0.15, -0.1) is 0 Å². The maximum Gasteiger partial charge on any atom is 0.208 e. The first kappa shape index (κ1) is 15.6. The monoisotopic (exact) mass is 288 g/mol. The Morgan fingerprint density at radius 2 is 1.81 bits per heavy atom. The van der Waals surface area contributed by atoms with E-state index in [0.29, 0.717) is 6.54 Å². The van der Waals surface area contributed by atoms with Crippen LogP contribution in [-0.2, 0) is 6.54 Å². The van der Waals surface area contributed by atoms with E-state index >= 15 is 0 Å². The highest BCUT2D eigenvalue weighted by molar-refractivity contribution is 5.29. The molecule has 0 fully saturated rings. The summed E-state index contributed by atoms with van der Waals surface area (Å²) in [5, 5.41) is 3.42. The van der Waals surface area contributed by atoms with Gasteiger partial charge in [0.05, 0.1) is 18.3 Å². The quantitative estimate of drug-likeness (QED) is 0.875. The normalized spacial score (nSPS) is 12.7. The van der Waals surface area contributed by atoms with Gasteiger partial charge in [-0.25, -0.2) is 4.98 Å². The predicted molar refractivity (Wildman–Crippen MR) is 83.4 cm³/mol. The second-order valence-corrected chi connectivity index (χ2v) is 5.59. The van der Waals surface area contributed by atoms with Crippen molar-refractivity contribution >= 4 is 0 Å². The molecule has 0 spiro atoms. The second kappa shape index (κ2) is 6.76. The highest BCUT2D eigenvalue weighted by atomic mass is 16.5. The van der Waals surface area contributed by atoms with E-state index < -0.39 is 0 Å². The lowest BCUT2D eigenvalue weighted by atomic mass is 10.1. The Morgan fingerprint density at radius 1 is 1.14 bits per heavy atom. The Kier molecular flexibility index (Phi) is 5.02. The van der Waals surface area contributed by atoms with Crippen molar-refractivity contribution in [1.82, 2.24) is 10.3 Å². The molecule has 0 bridgehead atoms. The van der Waals surface area contributed by atoms with Crippen molar-refractivity contribution in [1.29, 1.82) is 0 Å². The molecule has 0 aliphatic rings. The van der Waals surface area contributed by atoms with E-state index in [1.807, 2.05) is 39.8 Å². The number of ether oxygens (including phenoxy) is 1. The lowest BCUT2D eigenvalue weighted by Crippen LogP contribution is -2.18. The van der Waals surface area contributed by atoms with Gasteiger partial charge in [-0.05, 0) is 52.3 Å².